The highest BCUT2D eigenvalue weighted by molar-refractivity contribution is 5.66. The molecule has 5 atom stereocenters. The molecule has 2 heterocycles. The maximum atomic E-state index is 11.2. The Hall–Kier alpha value is -1.24. The number of nitrogens with one attached hydrogen (secondary N) is 1. The first-order chi connectivity index (χ1) is 12.6. The van der Waals surface area contributed by atoms with E-state index < -0.39 is 5.97 Å². The standard InChI is InChI=1S/C20H34N2O4/c1-3-22(2)19(14-23)21-13-12-16-15(17-10-11-18(16)26-17)8-6-4-5-7-9-20(24)25/h4,6,14-19,21H,3,5,7-13H2,1-2H3,(H,24,25)/b6-4-/t15-,16+,17-,18+,19?/m1/s1. The van der Waals surface area contributed by atoms with Crippen LogP contribution in [0.5, 0.6) is 0 Å². The van der Waals surface area contributed by atoms with Gasteiger partial charge in [0.25, 0.3) is 0 Å². The highest BCUT2D eigenvalue weighted by Crippen LogP contribution is 2.46. The molecule has 0 aromatic heterocycles. The summed E-state index contributed by atoms with van der Waals surface area (Å²) in [4.78, 5) is 23.8. The lowest BCUT2D eigenvalue weighted by Crippen LogP contribution is -2.45. The molecule has 2 bridgehead atoms. The van der Waals surface area contributed by atoms with Gasteiger partial charge in [-0.3, -0.25) is 15.0 Å². The van der Waals surface area contributed by atoms with Gasteiger partial charge in [-0.25, -0.2) is 0 Å². The molecule has 0 spiro atoms. The average Bonchev–Trinajstić information content (AvgIpc) is 3.22. The minimum atomic E-state index is -0.727. The lowest BCUT2D eigenvalue weighted by atomic mass is 9.76. The van der Waals surface area contributed by atoms with Crippen LogP contribution in [0.3, 0.4) is 0 Å². The van der Waals surface area contributed by atoms with Crippen LogP contribution in [0.25, 0.3) is 0 Å². The predicted octanol–water partition coefficient (Wildman–Crippen LogP) is 2.44. The summed E-state index contributed by atoms with van der Waals surface area (Å²) in [7, 11) is 1.95. The molecule has 6 nitrogen and oxygen atoms in total. The highest BCUT2D eigenvalue weighted by atomic mass is 16.5. The first kappa shape index (κ1) is 21.1. The third kappa shape index (κ3) is 5.89. The van der Waals surface area contributed by atoms with Crippen molar-refractivity contribution in [3.63, 3.8) is 0 Å². The van der Waals surface area contributed by atoms with Crippen molar-refractivity contribution < 1.29 is 19.4 Å². The molecule has 6 heteroatoms. The number of carboxylic acid groups (broad SMARTS) is 1. The number of hydrogen-bond donors (Lipinski definition) is 2. The van der Waals surface area contributed by atoms with Gasteiger partial charge in [0.15, 0.2) is 6.29 Å². The summed E-state index contributed by atoms with van der Waals surface area (Å²) in [6, 6.07) is 0. The summed E-state index contributed by atoms with van der Waals surface area (Å²) in [5.41, 5.74) is 0. The number of allylic oxidation sites excluding steroid dienone is 2. The van der Waals surface area contributed by atoms with Gasteiger partial charge in [-0.05, 0) is 70.5 Å². The van der Waals surface area contributed by atoms with Crippen molar-refractivity contribution in [3.05, 3.63) is 12.2 Å². The van der Waals surface area contributed by atoms with Crippen LogP contribution in [0.1, 0.15) is 51.9 Å². The summed E-state index contributed by atoms with van der Waals surface area (Å²) >= 11 is 0. The molecule has 2 N–H and O–H groups in total. The van der Waals surface area contributed by atoms with E-state index in [1.54, 1.807) is 0 Å². The number of unbranched alkanes of at least 4 members (excludes halogenated alkanes) is 1. The number of carboxylic acids is 1. The Labute approximate surface area is 157 Å². The topological polar surface area (TPSA) is 78.9 Å². The second-order valence-corrected chi connectivity index (χ2v) is 7.51. The molecule has 2 rings (SSSR count). The van der Waals surface area contributed by atoms with Crippen molar-refractivity contribution in [2.75, 3.05) is 20.1 Å². The first-order valence-electron chi connectivity index (χ1n) is 9.98. The summed E-state index contributed by atoms with van der Waals surface area (Å²) in [6.45, 7) is 3.70. The van der Waals surface area contributed by atoms with Gasteiger partial charge >= 0.3 is 5.97 Å². The van der Waals surface area contributed by atoms with Crippen molar-refractivity contribution in [1.29, 1.82) is 0 Å². The molecule has 0 saturated carbocycles. The number of ether oxygens (including phenoxy) is 1. The maximum Gasteiger partial charge on any atom is 0.303 e. The van der Waals surface area contributed by atoms with Crippen molar-refractivity contribution in [3.8, 4) is 0 Å². The van der Waals surface area contributed by atoms with E-state index in [9.17, 15) is 9.59 Å². The van der Waals surface area contributed by atoms with Gasteiger partial charge < -0.3 is 14.6 Å². The molecule has 0 aromatic rings. The van der Waals surface area contributed by atoms with Gasteiger partial charge in [0.1, 0.15) is 6.17 Å². The van der Waals surface area contributed by atoms with Crippen LogP contribution < -0.4 is 5.32 Å². The van der Waals surface area contributed by atoms with E-state index in [0.717, 1.165) is 51.5 Å². The number of carbonyl (C=O) groups is 2. The van der Waals surface area contributed by atoms with Gasteiger partial charge in [-0.15, -0.1) is 0 Å². The maximum absolute atomic E-state index is 11.2. The fourth-order valence-electron chi connectivity index (χ4n) is 4.24. The molecule has 26 heavy (non-hydrogen) atoms. The van der Waals surface area contributed by atoms with Crippen LogP contribution in [0.15, 0.2) is 12.2 Å². The minimum Gasteiger partial charge on any atom is -0.481 e. The number of aldehydes is 1. The van der Waals surface area contributed by atoms with Gasteiger partial charge in [0.05, 0.1) is 12.2 Å². The molecule has 2 saturated heterocycles. The third-order valence-electron chi connectivity index (χ3n) is 5.86. The summed E-state index contributed by atoms with van der Waals surface area (Å²) in [6.07, 6.45) is 11.9. The molecule has 0 amide bonds. The largest absolute Gasteiger partial charge is 0.481 e. The van der Waals surface area contributed by atoms with Gasteiger partial charge in [0.2, 0.25) is 0 Å². The molecule has 1 unspecified atom stereocenters. The first-order valence-corrected chi connectivity index (χ1v) is 9.98. The Balaban J connectivity index is 1.76. The molecule has 2 fully saturated rings. The monoisotopic (exact) mass is 366 g/mol. The van der Waals surface area contributed by atoms with E-state index in [4.69, 9.17) is 9.84 Å². The number of likely N-dealkylation sites (N-methyl/N-ethyl adjacent to an activating group) is 1. The van der Waals surface area contributed by atoms with Crippen molar-refractivity contribution in [2.24, 2.45) is 11.8 Å². The Morgan fingerprint density at radius 1 is 1.31 bits per heavy atom. The van der Waals surface area contributed by atoms with Crippen LogP contribution >= 0.6 is 0 Å². The summed E-state index contributed by atoms with van der Waals surface area (Å²) in [5.74, 6) is 0.365. The van der Waals surface area contributed by atoms with E-state index in [0.29, 0.717) is 30.5 Å². The molecule has 0 radical (unpaired) electrons. The number of hydrogen-bond acceptors (Lipinski definition) is 5. The lowest BCUT2D eigenvalue weighted by molar-refractivity contribution is -0.137. The molecular formula is C20H34N2O4. The summed E-state index contributed by atoms with van der Waals surface area (Å²) < 4.78 is 6.14. The summed E-state index contributed by atoms with van der Waals surface area (Å²) in [5, 5.41) is 12.0. The lowest BCUT2D eigenvalue weighted by Gasteiger charge is -2.29. The Morgan fingerprint density at radius 2 is 2.04 bits per heavy atom. The predicted molar refractivity (Wildman–Crippen MR) is 101 cm³/mol. The van der Waals surface area contributed by atoms with Crippen LogP contribution in [0.4, 0.5) is 0 Å². The van der Waals surface area contributed by atoms with Gasteiger partial charge in [-0.1, -0.05) is 19.1 Å². The molecule has 2 aliphatic heterocycles. The Kier molecular flexibility index (Phi) is 8.75. The van der Waals surface area contributed by atoms with Crippen molar-refractivity contribution in [1.82, 2.24) is 10.2 Å². The van der Waals surface area contributed by atoms with Gasteiger partial charge in [0, 0.05) is 6.42 Å². The van der Waals surface area contributed by atoms with Crippen LogP contribution in [-0.2, 0) is 14.3 Å². The second-order valence-electron chi connectivity index (χ2n) is 7.51. The fourth-order valence-corrected chi connectivity index (χ4v) is 4.24. The third-order valence-corrected chi connectivity index (χ3v) is 5.86. The number of fused-ring (bicyclic) bond motifs is 2. The normalized spacial score (nSPS) is 28.9. The van der Waals surface area contributed by atoms with Crippen molar-refractivity contribution >= 4 is 12.3 Å². The van der Waals surface area contributed by atoms with E-state index in [1.165, 1.54) is 0 Å². The Morgan fingerprint density at radius 3 is 2.69 bits per heavy atom. The fraction of sp³-hybridized carbons (Fsp3) is 0.800. The quantitative estimate of drug-likeness (QED) is 0.226. The zero-order valence-electron chi connectivity index (χ0n) is 16.1. The highest BCUT2D eigenvalue weighted by Gasteiger charge is 2.47. The van der Waals surface area contributed by atoms with Gasteiger partial charge in [-0.2, -0.15) is 0 Å². The van der Waals surface area contributed by atoms with Crippen LogP contribution in [-0.4, -0.2) is 60.8 Å². The molecule has 0 aromatic carbocycles. The number of aliphatic carboxylic acids is 1. The average molecular weight is 367 g/mol. The van der Waals surface area contributed by atoms with Crippen molar-refractivity contribution in [2.45, 2.75) is 70.2 Å². The second kappa shape index (κ2) is 10.8. The number of rotatable bonds is 13. The SMILES string of the molecule is CCN(C)C(C=O)NCC[C@H]1[C@@H](C/C=C\CCCC(=O)O)[C@H]2CC[C@@H]1O2. The number of carbonyl (C=O) groups excluding carboxylic acids is 1. The Bertz CT molecular complexity index is 482. The smallest absolute Gasteiger partial charge is 0.303 e. The molecule has 0 aliphatic carbocycles. The minimum absolute atomic E-state index is 0.216. The molecular weight excluding hydrogens is 332 g/mol. The molecule has 148 valence electrons. The van der Waals surface area contributed by atoms with E-state index in [1.807, 2.05) is 18.9 Å². The zero-order chi connectivity index (χ0) is 18.9. The van der Waals surface area contributed by atoms with E-state index in [-0.39, 0.29) is 12.6 Å². The van der Waals surface area contributed by atoms with Crippen LogP contribution in [0.2, 0.25) is 0 Å². The molecule has 2 aliphatic rings. The van der Waals surface area contributed by atoms with Crippen LogP contribution in [0, 0.1) is 11.8 Å². The van der Waals surface area contributed by atoms with E-state index in [2.05, 4.69) is 17.5 Å². The zero-order valence-corrected chi connectivity index (χ0v) is 16.1. The number of nitrogens with zero attached hydrogens (tertiary/aromatic N) is 1. The van der Waals surface area contributed by atoms with E-state index >= 15 is 0 Å².